The van der Waals surface area contributed by atoms with Gasteiger partial charge >= 0.3 is 0 Å². The van der Waals surface area contributed by atoms with E-state index in [1.54, 1.807) is 17.0 Å². The molecule has 0 saturated carbocycles. The highest BCUT2D eigenvalue weighted by molar-refractivity contribution is 7.16. The van der Waals surface area contributed by atoms with Crippen molar-refractivity contribution in [1.82, 2.24) is 15.5 Å². The Labute approximate surface area is 210 Å². The summed E-state index contributed by atoms with van der Waals surface area (Å²) >= 11 is 7.50. The molecule has 1 aromatic carbocycles. The standard InChI is InChI=1S/C26H32ClN3O3S/c1-14(2)11-19-24(31)29-22(18-12-16-7-5-6-8-17(16)13-18)26(33)30(19)23(25(32)28-15(3)4)20-9-10-21(27)34-20/h5-10,14-15,18-19,22-23H,11-13H2,1-4H3,(H,28,32)(H,29,31)/t19-,22-,23-/m1/s1. The van der Waals surface area contributed by atoms with Gasteiger partial charge in [0.1, 0.15) is 18.1 Å². The Kier molecular flexibility index (Phi) is 7.33. The third kappa shape index (κ3) is 5.01. The number of fused-ring (bicyclic) bond motifs is 1. The van der Waals surface area contributed by atoms with Crippen LogP contribution in [-0.4, -0.2) is 40.7 Å². The van der Waals surface area contributed by atoms with E-state index in [4.69, 9.17) is 11.6 Å². The number of thiophene rings is 1. The SMILES string of the molecule is CC(C)C[C@@H]1C(=O)N[C@H](C2Cc3ccccc3C2)C(=O)N1[C@@H](C(=O)NC(C)C)c1ccc(Cl)s1. The molecule has 0 spiro atoms. The van der Waals surface area contributed by atoms with Gasteiger partial charge < -0.3 is 15.5 Å². The first-order chi connectivity index (χ1) is 16.2. The van der Waals surface area contributed by atoms with Crippen LogP contribution in [0, 0.1) is 11.8 Å². The maximum absolute atomic E-state index is 14.1. The summed E-state index contributed by atoms with van der Waals surface area (Å²) in [6, 6.07) is 9.26. The second-order valence-electron chi connectivity index (χ2n) is 10.0. The molecule has 2 aromatic rings. The van der Waals surface area contributed by atoms with Crippen LogP contribution in [0.4, 0.5) is 0 Å². The molecule has 3 atom stereocenters. The molecule has 1 aromatic heterocycles. The molecule has 182 valence electrons. The fourth-order valence-corrected chi connectivity index (χ4v) is 6.27. The molecule has 8 heteroatoms. The Morgan fingerprint density at radius 2 is 1.76 bits per heavy atom. The molecule has 6 nitrogen and oxygen atoms in total. The predicted octanol–water partition coefficient (Wildman–Crippen LogP) is 4.12. The largest absolute Gasteiger partial charge is 0.352 e. The van der Waals surface area contributed by atoms with Crippen molar-refractivity contribution in [2.24, 2.45) is 11.8 Å². The molecule has 0 radical (unpaired) electrons. The van der Waals surface area contributed by atoms with E-state index in [2.05, 4.69) is 22.8 Å². The maximum Gasteiger partial charge on any atom is 0.248 e. The Morgan fingerprint density at radius 3 is 2.29 bits per heavy atom. The molecular formula is C26H32ClN3O3S. The van der Waals surface area contributed by atoms with Crippen LogP contribution in [0.5, 0.6) is 0 Å². The van der Waals surface area contributed by atoms with Gasteiger partial charge in [-0.05, 0) is 68.2 Å². The second kappa shape index (κ2) is 10.1. The highest BCUT2D eigenvalue weighted by atomic mass is 35.5. The van der Waals surface area contributed by atoms with Gasteiger partial charge in [0.2, 0.25) is 17.7 Å². The van der Waals surface area contributed by atoms with E-state index < -0.39 is 18.1 Å². The summed E-state index contributed by atoms with van der Waals surface area (Å²) in [5.74, 6) is -0.564. The lowest BCUT2D eigenvalue weighted by molar-refractivity contribution is -0.157. The van der Waals surface area contributed by atoms with E-state index in [-0.39, 0.29) is 35.6 Å². The molecule has 2 heterocycles. The first kappa shape index (κ1) is 24.7. The van der Waals surface area contributed by atoms with Crippen molar-refractivity contribution in [1.29, 1.82) is 0 Å². The Morgan fingerprint density at radius 1 is 1.12 bits per heavy atom. The molecule has 3 amide bonds. The van der Waals surface area contributed by atoms with Gasteiger partial charge in [0.15, 0.2) is 0 Å². The highest BCUT2D eigenvalue weighted by Gasteiger charge is 2.49. The van der Waals surface area contributed by atoms with Crippen LogP contribution < -0.4 is 10.6 Å². The van der Waals surface area contributed by atoms with Crippen LogP contribution >= 0.6 is 22.9 Å². The normalized spacial score (nSPS) is 21.7. The number of carbonyl (C=O) groups excluding carboxylic acids is 3. The topological polar surface area (TPSA) is 78.5 Å². The van der Waals surface area contributed by atoms with Crippen molar-refractivity contribution in [2.75, 3.05) is 0 Å². The summed E-state index contributed by atoms with van der Waals surface area (Å²) < 4.78 is 0.537. The minimum absolute atomic E-state index is 0.0444. The third-order valence-corrected chi connectivity index (χ3v) is 7.81. The minimum Gasteiger partial charge on any atom is -0.352 e. The number of halogens is 1. The molecule has 1 fully saturated rings. The lowest BCUT2D eigenvalue weighted by Crippen LogP contribution is -2.67. The number of nitrogens with one attached hydrogen (secondary N) is 2. The van der Waals surface area contributed by atoms with Crippen molar-refractivity contribution < 1.29 is 14.4 Å². The van der Waals surface area contributed by atoms with Crippen LogP contribution in [-0.2, 0) is 27.2 Å². The van der Waals surface area contributed by atoms with E-state index in [9.17, 15) is 14.4 Å². The van der Waals surface area contributed by atoms with E-state index in [1.807, 2.05) is 39.8 Å². The number of hydrogen-bond donors (Lipinski definition) is 2. The predicted molar refractivity (Wildman–Crippen MR) is 135 cm³/mol. The van der Waals surface area contributed by atoms with Gasteiger partial charge in [-0.25, -0.2) is 0 Å². The molecule has 1 aliphatic carbocycles. The molecule has 1 saturated heterocycles. The average Bonchev–Trinajstić information content (AvgIpc) is 3.38. The number of piperazine rings is 1. The van der Waals surface area contributed by atoms with Crippen molar-refractivity contribution in [2.45, 2.75) is 71.1 Å². The second-order valence-corrected chi connectivity index (χ2v) is 11.8. The molecule has 0 bridgehead atoms. The van der Waals surface area contributed by atoms with Crippen molar-refractivity contribution >= 4 is 40.7 Å². The number of nitrogens with zero attached hydrogens (tertiary/aromatic N) is 1. The fourth-order valence-electron chi connectivity index (χ4n) is 5.11. The minimum atomic E-state index is -0.909. The zero-order chi connectivity index (χ0) is 24.6. The molecule has 2 aliphatic rings. The molecule has 4 rings (SSSR count). The zero-order valence-corrected chi connectivity index (χ0v) is 21.6. The average molecular weight is 502 g/mol. The van der Waals surface area contributed by atoms with Crippen LogP contribution in [0.25, 0.3) is 0 Å². The number of benzene rings is 1. The van der Waals surface area contributed by atoms with Crippen LogP contribution in [0.1, 0.15) is 56.2 Å². The van der Waals surface area contributed by atoms with Crippen molar-refractivity contribution in [3.8, 4) is 0 Å². The summed E-state index contributed by atoms with van der Waals surface area (Å²) in [7, 11) is 0. The zero-order valence-electron chi connectivity index (χ0n) is 20.0. The first-order valence-electron chi connectivity index (χ1n) is 11.9. The van der Waals surface area contributed by atoms with Gasteiger partial charge in [-0.1, -0.05) is 49.7 Å². The van der Waals surface area contributed by atoms with Crippen LogP contribution in [0.3, 0.4) is 0 Å². The van der Waals surface area contributed by atoms with Gasteiger partial charge in [-0.3, -0.25) is 14.4 Å². The number of hydrogen-bond acceptors (Lipinski definition) is 4. The smallest absolute Gasteiger partial charge is 0.248 e. The van der Waals surface area contributed by atoms with Gasteiger partial charge in [-0.15, -0.1) is 11.3 Å². The third-order valence-electron chi connectivity index (χ3n) is 6.53. The molecule has 0 unspecified atom stereocenters. The summed E-state index contributed by atoms with van der Waals surface area (Å²) in [5, 5.41) is 5.99. The lowest BCUT2D eigenvalue weighted by atomic mass is 9.88. The van der Waals surface area contributed by atoms with Gasteiger partial charge in [0, 0.05) is 10.9 Å². The summed E-state index contributed by atoms with van der Waals surface area (Å²) in [4.78, 5) is 43.3. The molecular weight excluding hydrogens is 470 g/mol. The van der Waals surface area contributed by atoms with E-state index >= 15 is 0 Å². The maximum atomic E-state index is 14.1. The summed E-state index contributed by atoms with van der Waals surface area (Å²) in [6.45, 7) is 7.79. The van der Waals surface area contributed by atoms with Gasteiger partial charge in [0.05, 0.1) is 4.34 Å². The van der Waals surface area contributed by atoms with Crippen molar-refractivity contribution in [3.05, 3.63) is 56.7 Å². The first-order valence-corrected chi connectivity index (χ1v) is 13.1. The molecule has 34 heavy (non-hydrogen) atoms. The summed E-state index contributed by atoms with van der Waals surface area (Å²) in [6.07, 6.45) is 1.92. The van der Waals surface area contributed by atoms with Gasteiger partial charge in [0.25, 0.3) is 0 Å². The van der Waals surface area contributed by atoms with E-state index in [0.29, 0.717) is 15.6 Å². The van der Waals surface area contributed by atoms with Crippen LogP contribution in [0.2, 0.25) is 4.34 Å². The quantitative estimate of drug-likeness (QED) is 0.599. The fraction of sp³-hybridized carbons (Fsp3) is 0.500. The number of carbonyl (C=O) groups is 3. The monoisotopic (exact) mass is 501 g/mol. The van der Waals surface area contributed by atoms with E-state index in [0.717, 1.165) is 12.8 Å². The van der Waals surface area contributed by atoms with Crippen molar-refractivity contribution in [3.63, 3.8) is 0 Å². The highest BCUT2D eigenvalue weighted by Crippen LogP contribution is 2.37. The molecule has 2 N–H and O–H groups in total. The lowest BCUT2D eigenvalue weighted by Gasteiger charge is -2.44. The van der Waals surface area contributed by atoms with E-state index in [1.165, 1.54) is 22.5 Å². The Balaban J connectivity index is 1.73. The Bertz CT molecular complexity index is 1060. The number of amides is 3. The van der Waals surface area contributed by atoms with Gasteiger partial charge in [-0.2, -0.15) is 0 Å². The summed E-state index contributed by atoms with van der Waals surface area (Å²) in [5.41, 5.74) is 2.43. The Hall–Kier alpha value is -2.38. The molecule has 1 aliphatic heterocycles. The number of rotatable bonds is 7. The van der Waals surface area contributed by atoms with Crippen LogP contribution in [0.15, 0.2) is 36.4 Å².